The monoisotopic (exact) mass is 301 g/mol. The second-order valence-corrected chi connectivity index (χ2v) is 5.52. The van der Waals surface area contributed by atoms with Gasteiger partial charge in [-0.3, -0.25) is 4.68 Å². The molecule has 1 atom stereocenters. The van der Waals surface area contributed by atoms with Crippen LogP contribution in [0.1, 0.15) is 37.6 Å². The van der Waals surface area contributed by atoms with Crippen LogP contribution in [-0.2, 0) is 13.5 Å². The van der Waals surface area contributed by atoms with E-state index in [2.05, 4.69) is 36.4 Å². The van der Waals surface area contributed by atoms with Gasteiger partial charge < -0.3 is 14.8 Å². The van der Waals surface area contributed by atoms with Crippen LogP contribution < -0.4 is 14.8 Å². The van der Waals surface area contributed by atoms with Gasteiger partial charge in [-0.15, -0.1) is 0 Å². The van der Waals surface area contributed by atoms with E-state index in [0.717, 1.165) is 35.7 Å². The number of anilines is 1. The third-order valence-corrected chi connectivity index (χ3v) is 3.95. The smallest absolute Gasteiger partial charge is 0.161 e. The van der Waals surface area contributed by atoms with Crippen molar-refractivity contribution in [3.8, 4) is 11.5 Å². The van der Waals surface area contributed by atoms with Gasteiger partial charge in [0.05, 0.1) is 17.4 Å². The van der Waals surface area contributed by atoms with Gasteiger partial charge in [0, 0.05) is 13.2 Å². The average Bonchev–Trinajstić information content (AvgIpc) is 2.91. The van der Waals surface area contributed by atoms with Gasteiger partial charge in [-0.25, -0.2) is 0 Å². The van der Waals surface area contributed by atoms with Crippen molar-refractivity contribution in [2.45, 2.75) is 32.7 Å². The van der Waals surface area contributed by atoms with Gasteiger partial charge in [-0.05, 0) is 30.5 Å². The van der Waals surface area contributed by atoms with Crippen molar-refractivity contribution < 1.29 is 9.47 Å². The first kappa shape index (κ1) is 14.8. The van der Waals surface area contributed by atoms with Gasteiger partial charge in [0.15, 0.2) is 11.5 Å². The largest absolute Gasteiger partial charge is 0.486 e. The second kappa shape index (κ2) is 6.30. The van der Waals surface area contributed by atoms with Gasteiger partial charge in [-0.1, -0.05) is 19.9 Å². The Hall–Kier alpha value is -2.17. The Morgan fingerprint density at radius 2 is 2.00 bits per heavy atom. The first-order valence-electron chi connectivity index (χ1n) is 7.89. The molecule has 0 fully saturated rings. The van der Waals surface area contributed by atoms with E-state index in [-0.39, 0.29) is 6.04 Å². The SMILES string of the molecule is CCc1nn(C)cc1NC(CC)c1ccc2c(c1)OCCO2. The van der Waals surface area contributed by atoms with Crippen LogP contribution in [0.2, 0.25) is 0 Å². The summed E-state index contributed by atoms with van der Waals surface area (Å²) >= 11 is 0. The number of aryl methyl sites for hydroxylation is 2. The Labute approximate surface area is 131 Å². The van der Waals surface area contributed by atoms with Crippen LogP contribution in [0.3, 0.4) is 0 Å². The van der Waals surface area contributed by atoms with E-state index in [1.807, 2.05) is 24.0 Å². The summed E-state index contributed by atoms with van der Waals surface area (Å²) in [4.78, 5) is 0. The molecular weight excluding hydrogens is 278 g/mol. The second-order valence-electron chi connectivity index (χ2n) is 5.52. The summed E-state index contributed by atoms with van der Waals surface area (Å²) in [5.41, 5.74) is 3.41. The summed E-state index contributed by atoms with van der Waals surface area (Å²) in [5, 5.41) is 8.10. The minimum absolute atomic E-state index is 0.227. The molecule has 0 bridgehead atoms. The summed E-state index contributed by atoms with van der Waals surface area (Å²) < 4.78 is 13.1. The van der Waals surface area contributed by atoms with Crippen LogP contribution in [0.15, 0.2) is 24.4 Å². The van der Waals surface area contributed by atoms with Crippen molar-refractivity contribution in [1.29, 1.82) is 0 Å². The quantitative estimate of drug-likeness (QED) is 0.920. The molecule has 0 saturated carbocycles. The molecule has 1 N–H and O–H groups in total. The van der Waals surface area contributed by atoms with E-state index >= 15 is 0 Å². The van der Waals surface area contributed by atoms with Gasteiger partial charge in [0.25, 0.3) is 0 Å². The molecule has 5 heteroatoms. The van der Waals surface area contributed by atoms with E-state index in [0.29, 0.717) is 13.2 Å². The van der Waals surface area contributed by atoms with Gasteiger partial charge in [0.2, 0.25) is 0 Å². The Balaban J connectivity index is 1.84. The van der Waals surface area contributed by atoms with Gasteiger partial charge in [-0.2, -0.15) is 5.10 Å². The molecule has 0 saturated heterocycles. The van der Waals surface area contributed by atoms with Crippen LogP contribution in [0.5, 0.6) is 11.5 Å². The summed E-state index contributed by atoms with van der Waals surface area (Å²) in [6.07, 6.45) is 3.94. The van der Waals surface area contributed by atoms with E-state index < -0.39 is 0 Å². The maximum atomic E-state index is 5.69. The summed E-state index contributed by atoms with van der Waals surface area (Å²) in [7, 11) is 1.95. The molecule has 2 heterocycles. The molecule has 1 aliphatic heterocycles. The summed E-state index contributed by atoms with van der Waals surface area (Å²) in [6.45, 7) is 5.54. The molecule has 0 spiro atoms. The fraction of sp³-hybridized carbons (Fsp3) is 0.471. The molecule has 1 aromatic heterocycles. The molecule has 1 unspecified atom stereocenters. The minimum Gasteiger partial charge on any atom is -0.486 e. The Bertz CT molecular complexity index is 651. The lowest BCUT2D eigenvalue weighted by Crippen LogP contribution is -2.16. The number of nitrogens with one attached hydrogen (secondary N) is 1. The zero-order valence-corrected chi connectivity index (χ0v) is 13.4. The lowest BCUT2D eigenvalue weighted by Gasteiger charge is -2.22. The van der Waals surface area contributed by atoms with Crippen molar-refractivity contribution in [3.63, 3.8) is 0 Å². The molecule has 0 amide bonds. The van der Waals surface area contributed by atoms with Crippen molar-refractivity contribution in [3.05, 3.63) is 35.7 Å². The molecule has 1 aromatic carbocycles. The molecule has 1 aliphatic rings. The van der Waals surface area contributed by atoms with Crippen LogP contribution >= 0.6 is 0 Å². The summed E-state index contributed by atoms with van der Waals surface area (Å²) in [5.74, 6) is 1.67. The molecule has 2 aromatic rings. The molecule has 0 radical (unpaired) electrons. The molecule has 3 rings (SSSR count). The number of ether oxygens (including phenoxy) is 2. The maximum Gasteiger partial charge on any atom is 0.161 e. The fourth-order valence-electron chi connectivity index (χ4n) is 2.80. The molecule has 5 nitrogen and oxygen atoms in total. The minimum atomic E-state index is 0.227. The van der Waals surface area contributed by atoms with Gasteiger partial charge >= 0.3 is 0 Å². The number of hydrogen-bond acceptors (Lipinski definition) is 4. The third-order valence-electron chi connectivity index (χ3n) is 3.95. The zero-order valence-electron chi connectivity index (χ0n) is 13.4. The van der Waals surface area contributed by atoms with Gasteiger partial charge in [0.1, 0.15) is 13.2 Å². The van der Waals surface area contributed by atoms with E-state index in [1.165, 1.54) is 5.56 Å². The zero-order chi connectivity index (χ0) is 15.5. The highest BCUT2D eigenvalue weighted by atomic mass is 16.6. The molecule has 0 aliphatic carbocycles. The Kier molecular flexibility index (Phi) is 4.22. The lowest BCUT2D eigenvalue weighted by atomic mass is 10.0. The number of fused-ring (bicyclic) bond motifs is 1. The molecular formula is C17H23N3O2. The fourth-order valence-corrected chi connectivity index (χ4v) is 2.80. The van der Waals surface area contributed by atoms with E-state index in [1.54, 1.807) is 0 Å². The Morgan fingerprint density at radius 1 is 1.23 bits per heavy atom. The van der Waals surface area contributed by atoms with E-state index in [9.17, 15) is 0 Å². The predicted octanol–water partition coefficient (Wildman–Crippen LogP) is 3.32. The topological polar surface area (TPSA) is 48.3 Å². The standard InChI is InChI=1S/C17H23N3O2/c1-4-13(18-15-11-20(3)19-14(15)5-2)12-6-7-16-17(10-12)22-9-8-21-16/h6-7,10-11,13,18H,4-5,8-9H2,1-3H3. The van der Waals surface area contributed by atoms with Crippen molar-refractivity contribution in [1.82, 2.24) is 9.78 Å². The number of nitrogens with zero attached hydrogens (tertiary/aromatic N) is 2. The highest BCUT2D eigenvalue weighted by Gasteiger charge is 2.17. The van der Waals surface area contributed by atoms with Crippen LogP contribution in [0.4, 0.5) is 5.69 Å². The highest BCUT2D eigenvalue weighted by molar-refractivity contribution is 5.51. The van der Waals surface area contributed by atoms with Crippen LogP contribution in [0, 0.1) is 0 Å². The maximum absolute atomic E-state index is 5.69. The molecule has 118 valence electrons. The first-order valence-corrected chi connectivity index (χ1v) is 7.89. The third kappa shape index (κ3) is 2.89. The first-order chi connectivity index (χ1) is 10.7. The van der Waals surface area contributed by atoms with Crippen molar-refractivity contribution >= 4 is 5.69 Å². The molecule has 22 heavy (non-hydrogen) atoms. The Morgan fingerprint density at radius 3 is 2.73 bits per heavy atom. The van der Waals surface area contributed by atoms with E-state index in [4.69, 9.17) is 9.47 Å². The van der Waals surface area contributed by atoms with Crippen molar-refractivity contribution in [2.75, 3.05) is 18.5 Å². The van der Waals surface area contributed by atoms with Crippen molar-refractivity contribution in [2.24, 2.45) is 7.05 Å². The predicted molar refractivity (Wildman–Crippen MR) is 86.7 cm³/mol. The average molecular weight is 301 g/mol. The normalized spacial score (nSPS) is 14.7. The number of benzene rings is 1. The number of aromatic nitrogens is 2. The van der Waals surface area contributed by atoms with Crippen LogP contribution in [0.25, 0.3) is 0 Å². The highest BCUT2D eigenvalue weighted by Crippen LogP contribution is 2.34. The number of hydrogen-bond donors (Lipinski definition) is 1. The lowest BCUT2D eigenvalue weighted by molar-refractivity contribution is 0.171. The number of rotatable bonds is 5. The summed E-state index contributed by atoms with van der Waals surface area (Å²) in [6, 6.07) is 6.41. The van der Waals surface area contributed by atoms with Crippen LogP contribution in [-0.4, -0.2) is 23.0 Å².